The SMILES string of the molecule is Cc1cccc(C)c1C(=O)N(C)CCN1CCNCC1. The van der Waals surface area contributed by atoms with Crippen LogP contribution in [0.4, 0.5) is 0 Å². The van der Waals surface area contributed by atoms with E-state index in [1.54, 1.807) is 0 Å². The second kappa shape index (κ2) is 6.86. The molecule has 0 aliphatic carbocycles. The molecule has 1 fully saturated rings. The van der Waals surface area contributed by atoms with Crippen LogP contribution < -0.4 is 5.32 Å². The molecule has 0 bridgehead atoms. The fourth-order valence-electron chi connectivity index (χ4n) is 2.67. The Morgan fingerprint density at radius 3 is 2.45 bits per heavy atom. The molecule has 1 heterocycles. The Bertz CT molecular complexity index is 447. The van der Waals surface area contributed by atoms with Crippen LogP contribution in [-0.2, 0) is 0 Å². The van der Waals surface area contributed by atoms with Gasteiger partial charge in [-0.15, -0.1) is 0 Å². The minimum atomic E-state index is 0.135. The number of likely N-dealkylation sites (N-methyl/N-ethyl adjacent to an activating group) is 1. The highest BCUT2D eigenvalue weighted by molar-refractivity contribution is 5.96. The highest BCUT2D eigenvalue weighted by Crippen LogP contribution is 2.15. The molecule has 0 spiro atoms. The van der Waals surface area contributed by atoms with Crippen molar-refractivity contribution in [1.29, 1.82) is 0 Å². The van der Waals surface area contributed by atoms with Gasteiger partial charge in [0.25, 0.3) is 5.91 Å². The van der Waals surface area contributed by atoms with Gasteiger partial charge < -0.3 is 10.2 Å². The fraction of sp³-hybridized carbons (Fsp3) is 0.562. The molecule has 110 valence electrons. The van der Waals surface area contributed by atoms with E-state index in [0.29, 0.717) is 0 Å². The van der Waals surface area contributed by atoms with Crippen LogP contribution >= 0.6 is 0 Å². The lowest BCUT2D eigenvalue weighted by Crippen LogP contribution is -2.46. The van der Waals surface area contributed by atoms with Crippen LogP contribution in [0.1, 0.15) is 21.5 Å². The number of nitrogens with zero attached hydrogens (tertiary/aromatic N) is 2. The third-order valence-electron chi connectivity index (χ3n) is 4.00. The number of carbonyl (C=O) groups is 1. The number of amides is 1. The number of nitrogens with one attached hydrogen (secondary N) is 1. The maximum atomic E-state index is 12.6. The lowest BCUT2D eigenvalue weighted by Gasteiger charge is -2.29. The molecule has 20 heavy (non-hydrogen) atoms. The lowest BCUT2D eigenvalue weighted by molar-refractivity contribution is 0.0773. The number of aryl methyl sites for hydroxylation is 2. The van der Waals surface area contributed by atoms with Gasteiger partial charge in [0.05, 0.1) is 0 Å². The van der Waals surface area contributed by atoms with Crippen molar-refractivity contribution in [1.82, 2.24) is 15.1 Å². The van der Waals surface area contributed by atoms with Gasteiger partial charge in [-0.1, -0.05) is 18.2 Å². The number of hydrogen-bond acceptors (Lipinski definition) is 3. The molecule has 1 aliphatic heterocycles. The first kappa shape index (κ1) is 15.0. The Labute approximate surface area is 121 Å². The second-order valence-corrected chi connectivity index (χ2v) is 5.59. The normalized spacial score (nSPS) is 16.1. The standard InChI is InChI=1S/C16H25N3O/c1-13-5-4-6-14(2)15(13)16(20)18(3)11-12-19-9-7-17-8-10-19/h4-6,17H,7-12H2,1-3H3. The molecule has 1 aliphatic rings. The summed E-state index contributed by atoms with van der Waals surface area (Å²) in [5, 5.41) is 3.34. The third kappa shape index (κ3) is 3.58. The van der Waals surface area contributed by atoms with Gasteiger partial charge in [-0.05, 0) is 25.0 Å². The highest BCUT2D eigenvalue weighted by Gasteiger charge is 2.17. The molecule has 2 rings (SSSR count). The van der Waals surface area contributed by atoms with Gasteiger partial charge >= 0.3 is 0 Å². The van der Waals surface area contributed by atoms with E-state index in [2.05, 4.69) is 10.2 Å². The zero-order valence-electron chi connectivity index (χ0n) is 12.8. The minimum Gasteiger partial charge on any atom is -0.340 e. The number of hydrogen-bond donors (Lipinski definition) is 1. The summed E-state index contributed by atoms with van der Waals surface area (Å²) >= 11 is 0. The van der Waals surface area contributed by atoms with Gasteiger partial charge in [0, 0.05) is 51.9 Å². The number of piperazine rings is 1. The Hall–Kier alpha value is -1.39. The van der Waals surface area contributed by atoms with Gasteiger partial charge in [-0.25, -0.2) is 0 Å². The van der Waals surface area contributed by atoms with Gasteiger partial charge in [0.2, 0.25) is 0 Å². The predicted octanol–water partition coefficient (Wildman–Crippen LogP) is 1.28. The average Bonchev–Trinajstić information content (AvgIpc) is 2.45. The number of rotatable bonds is 4. The molecule has 4 heteroatoms. The largest absolute Gasteiger partial charge is 0.340 e. The second-order valence-electron chi connectivity index (χ2n) is 5.59. The summed E-state index contributed by atoms with van der Waals surface area (Å²) in [6.45, 7) is 10.00. The first-order valence-corrected chi connectivity index (χ1v) is 7.34. The molecule has 1 N–H and O–H groups in total. The topological polar surface area (TPSA) is 35.6 Å². The molecule has 1 aromatic carbocycles. The van der Waals surface area contributed by atoms with Crippen molar-refractivity contribution >= 4 is 5.91 Å². The van der Waals surface area contributed by atoms with Crippen molar-refractivity contribution in [3.63, 3.8) is 0 Å². The molecule has 0 unspecified atom stereocenters. The molecule has 1 saturated heterocycles. The van der Waals surface area contributed by atoms with Crippen LogP contribution in [0.5, 0.6) is 0 Å². The third-order valence-corrected chi connectivity index (χ3v) is 4.00. The Kier molecular flexibility index (Phi) is 5.15. The van der Waals surface area contributed by atoms with Crippen molar-refractivity contribution < 1.29 is 4.79 Å². The number of benzene rings is 1. The molecule has 0 aromatic heterocycles. The maximum Gasteiger partial charge on any atom is 0.254 e. The predicted molar refractivity (Wildman–Crippen MR) is 82.2 cm³/mol. The van der Waals surface area contributed by atoms with E-state index < -0.39 is 0 Å². The maximum absolute atomic E-state index is 12.6. The van der Waals surface area contributed by atoms with E-state index in [0.717, 1.165) is 56.0 Å². The van der Waals surface area contributed by atoms with E-state index in [-0.39, 0.29) is 5.91 Å². The summed E-state index contributed by atoms with van der Waals surface area (Å²) in [4.78, 5) is 16.8. The monoisotopic (exact) mass is 275 g/mol. The van der Waals surface area contributed by atoms with E-state index >= 15 is 0 Å². The van der Waals surface area contributed by atoms with Crippen molar-refractivity contribution in [3.8, 4) is 0 Å². The van der Waals surface area contributed by atoms with Crippen LogP contribution in [0.2, 0.25) is 0 Å². The summed E-state index contributed by atoms with van der Waals surface area (Å²) < 4.78 is 0. The summed E-state index contributed by atoms with van der Waals surface area (Å²) in [7, 11) is 1.90. The van der Waals surface area contributed by atoms with Crippen molar-refractivity contribution in [2.75, 3.05) is 46.3 Å². The van der Waals surface area contributed by atoms with Gasteiger partial charge in [-0.3, -0.25) is 9.69 Å². The molecular weight excluding hydrogens is 250 g/mol. The molecule has 1 amide bonds. The molecule has 0 saturated carbocycles. The first-order valence-electron chi connectivity index (χ1n) is 7.34. The number of carbonyl (C=O) groups excluding carboxylic acids is 1. The fourth-order valence-corrected chi connectivity index (χ4v) is 2.67. The smallest absolute Gasteiger partial charge is 0.254 e. The zero-order valence-corrected chi connectivity index (χ0v) is 12.8. The van der Waals surface area contributed by atoms with Crippen LogP contribution in [0.3, 0.4) is 0 Å². The van der Waals surface area contributed by atoms with E-state index in [9.17, 15) is 4.79 Å². The first-order chi connectivity index (χ1) is 9.59. The quantitative estimate of drug-likeness (QED) is 0.899. The summed E-state index contributed by atoms with van der Waals surface area (Å²) in [6.07, 6.45) is 0. The molecule has 4 nitrogen and oxygen atoms in total. The Morgan fingerprint density at radius 1 is 1.25 bits per heavy atom. The molecule has 1 aromatic rings. The van der Waals surface area contributed by atoms with Crippen LogP contribution in [0.25, 0.3) is 0 Å². The minimum absolute atomic E-state index is 0.135. The van der Waals surface area contributed by atoms with Crippen LogP contribution in [0.15, 0.2) is 18.2 Å². The van der Waals surface area contributed by atoms with E-state index in [1.165, 1.54) is 0 Å². The molecule has 0 atom stereocenters. The lowest BCUT2D eigenvalue weighted by atomic mass is 10.0. The Balaban J connectivity index is 1.94. The van der Waals surface area contributed by atoms with Crippen LogP contribution in [0, 0.1) is 13.8 Å². The average molecular weight is 275 g/mol. The highest BCUT2D eigenvalue weighted by atomic mass is 16.2. The van der Waals surface area contributed by atoms with E-state index in [1.807, 2.05) is 44.0 Å². The zero-order chi connectivity index (χ0) is 14.5. The summed E-state index contributed by atoms with van der Waals surface area (Å²) in [5.74, 6) is 0.135. The van der Waals surface area contributed by atoms with Gasteiger partial charge in [0.15, 0.2) is 0 Å². The molecule has 0 radical (unpaired) electrons. The van der Waals surface area contributed by atoms with Crippen molar-refractivity contribution in [2.24, 2.45) is 0 Å². The Morgan fingerprint density at radius 2 is 1.85 bits per heavy atom. The van der Waals surface area contributed by atoms with Gasteiger partial charge in [-0.2, -0.15) is 0 Å². The van der Waals surface area contributed by atoms with E-state index in [4.69, 9.17) is 0 Å². The van der Waals surface area contributed by atoms with Crippen molar-refractivity contribution in [3.05, 3.63) is 34.9 Å². The molecular formula is C16H25N3O. The summed E-state index contributed by atoms with van der Waals surface area (Å²) in [5.41, 5.74) is 2.98. The van der Waals surface area contributed by atoms with Crippen molar-refractivity contribution in [2.45, 2.75) is 13.8 Å². The van der Waals surface area contributed by atoms with Gasteiger partial charge in [0.1, 0.15) is 0 Å². The summed E-state index contributed by atoms with van der Waals surface area (Å²) in [6, 6.07) is 6.01. The van der Waals surface area contributed by atoms with Crippen LogP contribution in [-0.4, -0.2) is 62.0 Å².